The predicted molar refractivity (Wildman–Crippen MR) is 91.5 cm³/mol. The Morgan fingerprint density at radius 2 is 1.59 bits per heavy atom. The molecule has 162 valence electrons. The van der Waals surface area contributed by atoms with Crippen molar-refractivity contribution in [1.29, 1.82) is 0 Å². The van der Waals surface area contributed by atoms with E-state index in [4.69, 9.17) is 9.53 Å². The van der Waals surface area contributed by atoms with Gasteiger partial charge in [-0.1, -0.05) is 0 Å². The number of benzene rings is 1. The van der Waals surface area contributed by atoms with Crippen LogP contribution in [0.4, 0.5) is 26.7 Å². The van der Waals surface area contributed by atoms with Gasteiger partial charge in [0, 0.05) is 25.5 Å². The van der Waals surface area contributed by atoms with Gasteiger partial charge in [-0.15, -0.1) is 0 Å². The average molecular weight is 424 g/mol. The van der Waals surface area contributed by atoms with Crippen molar-refractivity contribution in [3.8, 4) is 0 Å². The average Bonchev–Trinajstić information content (AvgIpc) is 2.51. The quantitative estimate of drug-likeness (QED) is 0.697. The molecule has 0 saturated carbocycles. The van der Waals surface area contributed by atoms with E-state index in [1.54, 1.807) is 20.8 Å². The lowest BCUT2D eigenvalue weighted by Gasteiger charge is -2.36. The van der Waals surface area contributed by atoms with Gasteiger partial charge in [0.25, 0.3) is 0 Å². The second-order valence-corrected chi connectivity index (χ2v) is 7.25. The summed E-state index contributed by atoms with van der Waals surface area (Å²) < 4.78 is 64.3. The molecular formula is C18H21F5N2O4. The number of piperidine rings is 1. The van der Waals surface area contributed by atoms with Crippen LogP contribution in [0.2, 0.25) is 0 Å². The second kappa shape index (κ2) is 9.19. The Labute approximate surface area is 163 Å². The Morgan fingerprint density at radius 3 is 2.00 bits per heavy atom. The molecule has 6 nitrogen and oxygen atoms in total. The third-order valence-corrected chi connectivity index (χ3v) is 3.61. The molecule has 1 aliphatic heterocycles. The molecule has 0 aromatic heterocycles. The summed E-state index contributed by atoms with van der Waals surface area (Å²) in [6.45, 7) is 5.38. The number of hydrogen-bond donors (Lipinski definition) is 1. The van der Waals surface area contributed by atoms with E-state index in [-0.39, 0.29) is 30.7 Å². The smallest absolute Gasteiger partial charge is 0.444 e. The first kappa shape index (κ1) is 24.3. The number of nitrogens with zero attached hydrogens (tertiary/aromatic N) is 1. The molecule has 1 heterocycles. The second-order valence-electron chi connectivity index (χ2n) is 7.25. The summed E-state index contributed by atoms with van der Waals surface area (Å²) in [7, 11) is 0. The summed E-state index contributed by atoms with van der Waals surface area (Å²) >= 11 is 0. The molecule has 1 aromatic rings. The molecular weight excluding hydrogens is 403 g/mol. The molecule has 1 aromatic carbocycles. The molecule has 2 amide bonds. The SMILES string of the molecule is CC(C)(C)OC(=O)N1CCC(=O)C[C@H]1c1cc(F)cc(F)c1.NC(=O)C(F)(F)F. The van der Waals surface area contributed by atoms with Crippen molar-refractivity contribution in [3.63, 3.8) is 0 Å². The number of alkyl halides is 3. The summed E-state index contributed by atoms with van der Waals surface area (Å²) in [5.74, 6) is -3.78. The minimum absolute atomic E-state index is 0.0299. The molecule has 0 spiro atoms. The summed E-state index contributed by atoms with van der Waals surface area (Å²) in [5, 5.41) is 0. The van der Waals surface area contributed by atoms with E-state index >= 15 is 0 Å². The molecule has 0 radical (unpaired) electrons. The van der Waals surface area contributed by atoms with Crippen molar-refractivity contribution in [3.05, 3.63) is 35.4 Å². The molecule has 2 rings (SSSR count). The van der Waals surface area contributed by atoms with Gasteiger partial charge in [-0.25, -0.2) is 13.6 Å². The number of rotatable bonds is 1. The molecule has 1 aliphatic rings. The van der Waals surface area contributed by atoms with Gasteiger partial charge in [0.15, 0.2) is 0 Å². The van der Waals surface area contributed by atoms with Crippen LogP contribution in [0.1, 0.15) is 45.2 Å². The van der Waals surface area contributed by atoms with Crippen molar-refractivity contribution >= 4 is 17.8 Å². The van der Waals surface area contributed by atoms with Crippen molar-refractivity contribution in [1.82, 2.24) is 4.90 Å². The zero-order valence-electron chi connectivity index (χ0n) is 16.0. The normalized spacial score (nSPS) is 17.3. The number of primary amides is 1. The Balaban J connectivity index is 0.000000516. The number of amides is 2. The Hall–Kier alpha value is -2.72. The minimum Gasteiger partial charge on any atom is -0.444 e. The van der Waals surface area contributed by atoms with Gasteiger partial charge in [-0.3, -0.25) is 9.59 Å². The number of Topliss-reactive ketones (excluding diaryl/α,β-unsaturated/α-hetero) is 1. The number of ether oxygens (including phenoxy) is 1. The molecule has 11 heteroatoms. The monoisotopic (exact) mass is 424 g/mol. The van der Waals surface area contributed by atoms with Gasteiger partial charge in [-0.2, -0.15) is 13.2 Å². The lowest BCUT2D eigenvalue weighted by molar-refractivity contribution is -0.169. The maximum Gasteiger partial charge on any atom is 0.470 e. The standard InChI is InChI=1S/C16H19F2NO3.C2H2F3NO/c1-16(2,3)22-15(21)19-5-4-13(20)9-14(19)10-6-11(17)8-12(18)7-10;3-2(4,5)1(6)7/h6-8,14H,4-5,9H2,1-3H3;(H2,6,7)/t14-;/m0./s1. The van der Waals surface area contributed by atoms with Crippen LogP contribution in [0.3, 0.4) is 0 Å². The topological polar surface area (TPSA) is 89.7 Å². The van der Waals surface area contributed by atoms with E-state index < -0.39 is 41.5 Å². The van der Waals surface area contributed by atoms with E-state index in [9.17, 15) is 31.5 Å². The predicted octanol–water partition coefficient (Wildman–Crippen LogP) is 3.64. The van der Waals surface area contributed by atoms with Crippen LogP contribution in [-0.4, -0.2) is 41.0 Å². The summed E-state index contributed by atoms with van der Waals surface area (Å²) in [5.41, 5.74) is 3.38. The molecule has 29 heavy (non-hydrogen) atoms. The molecule has 0 aliphatic carbocycles. The van der Waals surface area contributed by atoms with Gasteiger partial charge >= 0.3 is 18.2 Å². The summed E-state index contributed by atoms with van der Waals surface area (Å²) in [4.78, 5) is 34.5. The number of halogens is 5. The van der Waals surface area contributed by atoms with Crippen LogP contribution in [0, 0.1) is 11.6 Å². The van der Waals surface area contributed by atoms with E-state index in [2.05, 4.69) is 5.73 Å². The van der Waals surface area contributed by atoms with Crippen LogP contribution in [-0.2, 0) is 14.3 Å². The molecule has 0 bridgehead atoms. The molecule has 1 atom stereocenters. The summed E-state index contributed by atoms with van der Waals surface area (Å²) in [6.07, 6.45) is -5.20. The number of carbonyl (C=O) groups is 3. The highest BCUT2D eigenvalue weighted by molar-refractivity contribution is 5.82. The third-order valence-electron chi connectivity index (χ3n) is 3.61. The van der Waals surface area contributed by atoms with Gasteiger partial charge in [-0.05, 0) is 38.5 Å². The fraction of sp³-hybridized carbons (Fsp3) is 0.500. The highest BCUT2D eigenvalue weighted by Gasteiger charge is 2.36. The number of nitrogens with two attached hydrogens (primary N) is 1. The van der Waals surface area contributed by atoms with Gasteiger partial charge in [0.1, 0.15) is 23.0 Å². The zero-order chi connectivity index (χ0) is 22.6. The fourth-order valence-electron chi connectivity index (χ4n) is 2.43. The highest BCUT2D eigenvalue weighted by atomic mass is 19.4. The number of ketones is 1. The Bertz CT molecular complexity index is 754. The minimum atomic E-state index is -4.86. The summed E-state index contributed by atoms with van der Waals surface area (Å²) in [6, 6.07) is 2.33. The van der Waals surface area contributed by atoms with Crippen LogP contribution < -0.4 is 5.73 Å². The van der Waals surface area contributed by atoms with Crippen molar-refractivity contribution in [2.45, 2.75) is 51.4 Å². The lowest BCUT2D eigenvalue weighted by Crippen LogP contribution is -2.44. The first-order valence-corrected chi connectivity index (χ1v) is 8.44. The van der Waals surface area contributed by atoms with E-state index in [1.807, 2.05) is 0 Å². The lowest BCUT2D eigenvalue weighted by atomic mass is 9.94. The van der Waals surface area contributed by atoms with Crippen LogP contribution in [0.25, 0.3) is 0 Å². The molecule has 0 unspecified atom stereocenters. The van der Waals surface area contributed by atoms with E-state index in [1.165, 1.54) is 4.90 Å². The van der Waals surface area contributed by atoms with Crippen LogP contribution in [0.5, 0.6) is 0 Å². The maximum absolute atomic E-state index is 13.4. The van der Waals surface area contributed by atoms with Gasteiger partial charge in [0.2, 0.25) is 0 Å². The molecule has 1 fully saturated rings. The third kappa shape index (κ3) is 8.04. The van der Waals surface area contributed by atoms with Gasteiger partial charge < -0.3 is 15.4 Å². The van der Waals surface area contributed by atoms with Crippen LogP contribution >= 0.6 is 0 Å². The first-order valence-electron chi connectivity index (χ1n) is 8.44. The van der Waals surface area contributed by atoms with E-state index in [0.717, 1.165) is 18.2 Å². The molecule has 2 N–H and O–H groups in total. The van der Waals surface area contributed by atoms with Crippen molar-refractivity contribution in [2.24, 2.45) is 5.73 Å². The van der Waals surface area contributed by atoms with Crippen LogP contribution in [0.15, 0.2) is 18.2 Å². The zero-order valence-corrected chi connectivity index (χ0v) is 16.0. The fourth-order valence-corrected chi connectivity index (χ4v) is 2.43. The van der Waals surface area contributed by atoms with Crippen molar-refractivity contribution in [2.75, 3.05) is 6.54 Å². The first-order chi connectivity index (χ1) is 13.1. The number of carbonyl (C=O) groups excluding carboxylic acids is 3. The number of likely N-dealkylation sites (tertiary alicyclic amines) is 1. The van der Waals surface area contributed by atoms with Crippen molar-refractivity contribution < 1.29 is 41.1 Å². The Kier molecular flexibility index (Phi) is 7.70. The molecule has 1 saturated heterocycles. The van der Waals surface area contributed by atoms with Gasteiger partial charge in [0.05, 0.1) is 6.04 Å². The number of hydrogen-bond acceptors (Lipinski definition) is 4. The largest absolute Gasteiger partial charge is 0.470 e. The maximum atomic E-state index is 13.4. The van der Waals surface area contributed by atoms with E-state index in [0.29, 0.717) is 0 Å². The Morgan fingerprint density at radius 1 is 1.10 bits per heavy atom. The highest BCUT2D eigenvalue weighted by Crippen LogP contribution is 2.31.